The second-order valence-electron chi connectivity index (χ2n) is 4.09. The summed E-state index contributed by atoms with van der Waals surface area (Å²) >= 11 is 3.30. The van der Waals surface area contributed by atoms with Crippen LogP contribution in [0.3, 0.4) is 0 Å². The first kappa shape index (κ1) is 14.2. The van der Waals surface area contributed by atoms with Crippen LogP contribution >= 0.6 is 15.9 Å². The van der Waals surface area contributed by atoms with Gasteiger partial charge in [0.2, 0.25) is 0 Å². The van der Waals surface area contributed by atoms with Crippen LogP contribution in [0.4, 0.5) is 5.69 Å². The van der Waals surface area contributed by atoms with E-state index < -0.39 is 4.92 Å². The molecule has 0 spiro atoms. The molecule has 20 heavy (non-hydrogen) atoms. The number of nitro groups is 1. The van der Waals surface area contributed by atoms with Gasteiger partial charge >= 0.3 is 0 Å². The van der Waals surface area contributed by atoms with Crippen LogP contribution in [0.25, 0.3) is 0 Å². The van der Waals surface area contributed by atoms with Crippen molar-refractivity contribution in [2.75, 3.05) is 0 Å². The van der Waals surface area contributed by atoms with Crippen LogP contribution in [0, 0.1) is 10.1 Å². The third-order valence-corrected chi connectivity index (χ3v) is 3.38. The Morgan fingerprint density at radius 2 is 1.95 bits per heavy atom. The summed E-state index contributed by atoms with van der Waals surface area (Å²) < 4.78 is 0.705. The molecule has 0 bridgehead atoms. The Balaban J connectivity index is 2.06. The van der Waals surface area contributed by atoms with Gasteiger partial charge in [-0.2, -0.15) is 0 Å². The average Bonchev–Trinajstić information content (AvgIpc) is 2.45. The molecule has 5 nitrogen and oxygen atoms in total. The highest BCUT2D eigenvalue weighted by molar-refractivity contribution is 9.10. The number of halogens is 1. The van der Waals surface area contributed by atoms with Gasteiger partial charge in [0.25, 0.3) is 11.6 Å². The van der Waals surface area contributed by atoms with Crippen molar-refractivity contribution in [1.82, 2.24) is 5.32 Å². The van der Waals surface area contributed by atoms with Crippen LogP contribution in [0.1, 0.15) is 15.9 Å². The maximum absolute atomic E-state index is 12.0. The minimum absolute atomic E-state index is 0.0117. The van der Waals surface area contributed by atoms with Crippen molar-refractivity contribution in [3.8, 4) is 0 Å². The Labute approximate surface area is 123 Å². The Hall–Kier alpha value is -2.21. The minimum atomic E-state index is -0.459. The lowest BCUT2D eigenvalue weighted by atomic mass is 10.2. The molecule has 1 N–H and O–H groups in total. The Kier molecular flexibility index (Phi) is 4.47. The second-order valence-corrected chi connectivity index (χ2v) is 4.94. The molecule has 0 aliphatic heterocycles. The average molecular weight is 335 g/mol. The van der Waals surface area contributed by atoms with Crippen molar-refractivity contribution >= 4 is 27.5 Å². The molecule has 2 aromatic carbocycles. The highest BCUT2D eigenvalue weighted by Gasteiger charge is 2.10. The van der Waals surface area contributed by atoms with E-state index in [0.717, 1.165) is 0 Å². The van der Waals surface area contributed by atoms with Gasteiger partial charge in [0.1, 0.15) is 0 Å². The molecule has 0 saturated carbocycles. The van der Waals surface area contributed by atoms with E-state index in [1.54, 1.807) is 30.3 Å². The Bertz CT molecular complexity index is 658. The van der Waals surface area contributed by atoms with Crippen LogP contribution in [-0.2, 0) is 6.54 Å². The van der Waals surface area contributed by atoms with E-state index in [-0.39, 0.29) is 18.1 Å². The summed E-state index contributed by atoms with van der Waals surface area (Å²) in [5.74, 6) is -0.232. The number of non-ortho nitro benzene ring substituents is 1. The molecule has 0 atom stereocenters. The molecule has 0 heterocycles. The van der Waals surface area contributed by atoms with Crippen molar-refractivity contribution in [3.63, 3.8) is 0 Å². The van der Waals surface area contributed by atoms with E-state index >= 15 is 0 Å². The predicted octanol–water partition coefficient (Wildman–Crippen LogP) is 3.29. The second kappa shape index (κ2) is 6.29. The molecule has 102 valence electrons. The number of hydrogen-bond donors (Lipinski definition) is 1. The van der Waals surface area contributed by atoms with Gasteiger partial charge in [-0.05, 0) is 33.6 Å². The molecule has 6 heteroatoms. The number of carbonyl (C=O) groups is 1. The van der Waals surface area contributed by atoms with E-state index in [1.165, 1.54) is 12.1 Å². The first-order chi connectivity index (χ1) is 9.58. The van der Waals surface area contributed by atoms with Gasteiger partial charge in [-0.1, -0.05) is 24.3 Å². The first-order valence-corrected chi connectivity index (χ1v) is 6.63. The van der Waals surface area contributed by atoms with Crippen molar-refractivity contribution in [2.24, 2.45) is 0 Å². The lowest BCUT2D eigenvalue weighted by molar-refractivity contribution is -0.384. The number of amides is 1. The highest BCUT2D eigenvalue weighted by Crippen LogP contribution is 2.16. The molecular formula is C14H11BrN2O3. The van der Waals surface area contributed by atoms with Crippen molar-refractivity contribution in [1.29, 1.82) is 0 Å². The molecular weight excluding hydrogens is 324 g/mol. The molecule has 1 amide bonds. The molecule has 0 aliphatic rings. The van der Waals surface area contributed by atoms with E-state index in [9.17, 15) is 14.9 Å². The summed E-state index contributed by atoms with van der Waals surface area (Å²) in [6.45, 7) is 0.238. The fraction of sp³-hybridized carbons (Fsp3) is 0.0714. The van der Waals surface area contributed by atoms with Gasteiger partial charge in [-0.3, -0.25) is 14.9 Å². The number of nitrogens with zero attached hydrogens (tertiary/aromatic N) is 1. The number of nitro benzene ring substituents is 1. The van der Waals surface area contributed by atoms with Gasteiger partial charge in [0, 0.05) is 23.2 Å². The van der Waals surface area contributed by atoms with Crippen LogP contribution in [0.5, 0.6) is 0 Å². The molecule has 0 radical (unpaired) electrons. The largest absolute Gasteiger partial charge is 0.348 e. The summed E-state index contributed by atoms with van der Waals surface area (Å²) in [5.41, 5.74) is 1.22. The molecule has 0 saturated heterocycles. The highest BCUT2D eigenvalue weighted by atomic mass is 79.9. The minimum Gasteiger partial charge on any atom is -0.348 e. The first-order valence-electron chi connectivity index (χ1n) is 5.84. The standard InChI is InChI=1S/C14H11BrN2O3/c15-13-7-2-1-6-12(13)14(18)16-9-10-4-3-5-11(8-10)17(19)20/h1-8H,9H2,(H,16,18). The maximum Gasteiger partial charge on any atom is 0.269 e. The van der Waals surface area contributed by atoms with Gasteiger partial charge in [-0.15, -0.1) is 0 Å². The number of nitrogens with one attached hydrogen (secondary N) is 1. The van der Waals surface area contributed by atoms with E-state index in [2.05, 4.69) is 21.2 Å². The molecule has 0 aromatic heterocycles. The zero-order chi connectivity index (χ0) is 14.5. The van der Waals surface area contributed by atoms with Crippen LogP contribution in [0.2, 0.25) is 0 Å². The zero-order valence-corrected chi connectivity index (χ0v) is 12.0. The summed E-state index contributed by atoms with van der Waals surface area (Å²) in [5, 5.41) is 13.4. The van der Waals surface area contributed by atoms with Gasteiger partial charge < -0.3 is 5.32 Å². The molecule has 2 aromatic rings. The SMILES string of the molecule is O=C(NCc1cccc([N+](=O)[O-])c1)c1ccccc1Br. The summed E-state index contributed by atoms with van der Waals surface area (Å²) in [6, 6.07) is 13.3. The third kappa shape index (κ3) is 3.42. The Morgan fingerprint density at radius 1 is 1.20 bits per heavy atom. The zero-order valence-electron chi connectivity index (χ0n) is 10.4. The quantitative estimate of drug-likeness (QED) is 0.688. The lowest BCUT2D eigenvalue weighted by Gasteiger charge is -2.06. The molecule has 0 aliphatic carbocycles. The molecule has 0 fully saturated rings. The smallest absolute Gasteiger partial charge is 0.269 e. The van der Waals surface area contributed by atoms with E-state index in [0.29, 0.717) is 15.6 Å². The maximum atomic E-state index is 12.0. The van der Waals surface area contributed by atoms with Gasteiger partial charge in [-0.25, -0.2) is 0 Å². The van der Waals surface area contributed by atoms with Gasteiger partial charge in [0.05, 0.1) is 10.5 Å². The fourth-order valence-corrected chi connectivity index (χ4v) is 2.17. The fourth-order valence-electron chi connectivity index (χ4n) is 1.70. The van der Waals surface area contributed by atoms with Crippen molar-refractivity contribution in [3.05, 3.63) is 74.2 Å². The molecule has 0 unspecified atom stereocenters. The van der Waals surface area contributed by atoms with E-state index in [4.69, 9.17) is 0 Å². The Morgan fingerprint density at radius 3 is 2.65 bits per heavy atom. The third-order valence-electron chi connectivity index (χ3n) is 2.69. The van der Waals surface area contributed by atoms with Crippen LogP contribution in [-0.4, -0.2) is 10.8 Å². The summed E-state index contributed by atoms with van der Waals surface area (Å²) in [4.78, 5) is 22.2. The molecule has 2 rings (SSSR count). The number of carbonyl (C=O) groups excluding carboxylic acids is 1. The number of benzene rings is 2. The number of rotatable bonds is 4. The topological polar surface area (TPSA) is 72.2 Å². The normalized spacial score (nSPS) is 10.1. The van der Waals surface area contributed by atoms with E-state index in [1.807, 2.05) is 6.07 Å². The number of hydrogen-bond acceptors (Lipinski definition) is 3. The monoisotopic (exact) mass is 334 g/mol. The van der Waals surface area contributed by atoms with Crippen LogP contribution in [0.15, 0.2) is 53.0 Å². The van der Waals surface area contributed by atoms with Gasteiger partial charge in [0.15, 0.2) is 0 Å². The van der Waals surface area contributed by atoms with Crippen molar-refractivity contribution in [2.45, 2.75) is 6.54 Å². The van der Waals surface area contributed by atoms with Crippen molar-refractivity contribution < 1.29 is 9.72 Å². The summed E-state index contributed by atoms with van der Waals surface area (Å²) in [6.07, 6.45) is 0. The lowest BCUT2D eigenvalue weighted by Crippen LogP contribution is -2.23. The van der Waals surface area contributed by atoms with Crippen LogP contribution < -0.4 is 5.32 Å². The summed E-state index contributed by atoms with van der Waals surface area (Å²) in [7, 11) is 0. The predicted molar refractivity (Wildman–Crippen MR) is 78.4 cm³/mol.